The van der Waals surface area contributed by atoms with E-state index in [1.165, 1.54) is 17.7 Å². The first kappa shape index (κ1) is 17.9. The summed E-state index contributed by atoms with van der Waals surface area (Å²) in [6.07, 6.45) is 2.60. The van der Waals surface area contributed by atoms with Crippen molar-refractivity contribution in [3.05, 3.63) is 95.9 Å². The summed E-state index contributed by atoms with van der Waals surface area (Å²) >= 11 is 0. The molecule has 2 aromatic carbocycles. The van der Waals surface area contributed by atoms with Crippen molar-refractivity contribution in [1.29, 1.82) is 0 Å². The summed E-state index contributed by atoms with van der Waals surface area (Å²) in [5.41, 5.74) is 2.98. The standard InChI is InChI=1S/C22H20FN5/c23-19-11-9-18(10-12-19)16-25-22-26-21(20-8-4-5-14-24-20)28(27-22)15-13-17-6-2-1-3-7-17/h1-12,14H,13,15-16H2,(H,25,27). The van der Waals surface area contributed by atoms with Gasteiger partial charge in [-0.2, -0.15) is 4.98 Å². The summed E-state index contributed by atoms with van der Waals surface area (Å²) in [5.74, 6) is 1.00. The van der Waals surface area contributed by atoms with Crippen molar-refractivity contribution < 1.29 is 4.39 Å². The van der Waals surface area contributed by atoms with Crippen molar-refractivity contribution in [3.8, 4) is 11.5 Å². The lowest BCUT2D eigenvalue weighted by Gasteiger charge is -2.05. The fourth-order valence-electron chi connectivity index (χ4n) is 2.92. The van der Waals surface area contributed by atoms with Crippen molar-refractivity contribution in [2.24, 2.45) is 0 Å². The minimum Gasteiger partial charge on any atom is -0.349 e. The van der Waals surface area contributed by atoms with Gasteiger partial charge in [0.15, 0.2) is 5.82 Å². The third-order valence-corrected chi connectivity index (χ3v) is 4.38. The highest BCUT2D eigenvalue weighted by Crippen LogP contribution is 2.18. The highest BCUT2D eigenvalue weighted by molar-refractivity contribution is 5.51. The molecule has 0 radical (unpaired) electrons. The van der Waals surface area contributed by atoms with Gasteiger partial charge < -0.3 is 5.32 Å². The van der Waals surface area contributed by atoms with E-state index >= 15 is 0 Å². The number of hydrogen-bond acceptors (Lipinski definition) is 4. The van der Waals surface area contributed by atoms with Crippen LogP contribution in [-0.2, 0) is 19.5 Å². The third kappa shape index (κ3) is 4.40. The van der Waals surface area contributed by atoms with Crippen LogP contribution in [0.1, 0.15) is 11.1 Å². The summed E-state index contributed by atoms with van der Waals surface area (Å²) < 4.78 is 14.9. The van der Waals surface area contributed by atoms with Crippen molar-refractivity contribution in [2.45, 2.75) is 19.5 Å². The summed E-state index contributed by atoms with van der Waals surface area (Å²) in [5, 5.41) is 7.83. The van der Waals surface area contributed by atoms with Gasteiger partial charge in [-0.1, -0.05) is 48.5 Å². The first-order valence-electron chi connectivity index (χ1n) is 9.16. The molecule has 0 bridgehead atoms. The summed E-state index contributed by atoms with van der Waals surface area (Å²) in [7, 11) is 0. The van der Waals surface area contributed by atoms with Crippen molar-refractivity contribution in [3.63, 3.8) is 0 Å². The lowest BCUT2D eigenvalue weighted by molar-refractivity contribution is 0.620. The van der Waals surface area contributed by atoms with Crippen LogP contribution in [0.4, 0.5) is 10.3 Å². The van der Waals surface area contributed by atoms with Gasteiger partial charge in [-0.05, 0) is 41.8 Å². The van der Waals surface area contributed by atoms with E-state index in [0.29, 0.717) is 19.0 Å². The molecule has 0 aliphatic carbocycles. The Labute approximate surface area is 162 Å². The molecule has 0 amide bonds. The van der Waals surface area contributed by atoms with Gasteiger partial charge in [-0.15, -0.1) is 5.10 Å². The molecule has 2 aromatic heterocycles. The van der Waals surface area contributed by atoms with Gasteiger partial charge in [-0.25, -0.2) is 9.07 Å². The second kappa shape index (κ2) is 8.43. The number of nitrogens with zero attached hydrogens (tertiary/aromatic N) is 4. The summed E-state index contributed by atoms with van der Waals surface area (Å²) in [6.45, 7) is 1.21. The van der Waals surface area contributed by atoms with Gasteiger partial charge in [0.1, 0.15) is 11.5 Å². The number of hydrogen-bond donors (Lipinski definition) is 1. The predicted molar refractivity (Wildman–Crippen MR) is 107 cm³/mol. The molecular formula is C22H20FN5. The maximum Gasteiger partial charge on any atom is 0.242 e. The van der Waals surface area contributed by atoms with E-state index in [9.17, 15) is 4.39 Å². The Morgan fingerprint density at radius 2 is 1.64 bits per heavy atom. The molecule has 0 saturated carbocycles. The zero-order valence-corrected chi connectivity index (χ0v) is 15.3. The van der Waals surface area contributed by atoms with Crippen LogP contribution in [0.5, 0.6) is 0 Å². The monoisotopic (exact) mass is 373 g/mol. The van der Waals surface area contributed by atoms with E-state index in [1.54, 1.807) is 18.3 Å². The number of pyridine rings is 1. The van der Waals surface area contributed by atoms with Crippen LogP contribution in [0.25, 0.3) is 11.5 Å². The van der Waals surface area contributed by atoms with E-state index in [2.05, 4.69) is 32.5 Å². The van der Waals surface area contributed by atoms with Crippen LogP contribution in [-0.4, -0.2) is 19.7 Å². The average Bonchev–Trinajstić information content (AvgIpc) is 3.16. The normalized spacial score (nSPS) is 10.8. The fraction of sp³-hybridized carbons (Fsp3) is 0.136. The second-order valence-electron chi connectivity index (χ2n) is 6.41. The molecule has 5 nitrogen and oxygen atoms in total. The van der Waals surface area contributed by atoms with E-state index in [1.807, 2.05) is 41.1 Å². The largest absolute Gasteiger partial charge is 0.349 e. The molecule has 28 heavy (non-hydrogen) atoms. The number of benzene rings is 2. The molecule has 4 rings (SSSR count). The number of aromatic nitrogens is 4. The molecule has 0 spiro atoms. The Morgan fingerprint density at radius 3 is 2.39 bits per heavy atom. The number of nitrogens with one attached hydrogen (secondary N) is 1. The molecule has 0 saturated heterocycles. The highest BCUT2D eigenvalue weighted by Gasteiger charge is 2.13. The molecule has 2 heterocycles. The lowest BCUT2D eigenvalue weighted by Crippen LogP contribution is -2.07. The molecule has 1 N–H and O–H groups in total. The zero-order chi connectivity index (χ0) is 19.2. The fourth-order valence-corrected chi connectivity index (χ4v) is 2.92. The van der Waals surface area contributed by atoms with Gasteiger partial charge in [-0.3, -0.25) is 4.98 Å². The van der Waals surface area contributed by atoms with Crippen LogP contribution >= 0.6 is 0 Å². The van der Waals surface area contributed by atoms with Crippen LogP contribution in [0.2, 0.25) is 0 Å². The Morgan fingerprint density at radius 1 is 0.857 bits per heavy atom. The van der Waals surface area contributed by atoms with Crippen LogP contribution in [0, 0.1) is 5.82 Å². The average molecular weight is 373 g/mol. The Balaban J connectivity index is 1.54. The quantitative estimate of drug-likeness (QED) is 0.524. The molecule has 0 atom stereocenters. The first-order valence-corrected chi connectivity index (χ1v) is 9.16. The van der Waals surface area contributed by atoms with E-state index < -0.39 is 0 Å². The number of anilines is 1. The first-order chi connectivity index (χ1) is 13.8. The summed E-state index contributed by atoms with van der Waals surface area (Å²) in [6, 6.07) is 22.4. The topological polar surface area (TPSA) is 55.6 Å². The molecule has 4 aromatic rings. The van der Waals surface area contributed by atoms with Crippen molar-refractivity contribution in [2.75, 3.05) is 5.32 Å². The smallest absolute Gasteiger partial charge is 0.242 e. The van der Waals surface area contributed by atoms with Crippen molar-refractivity contribution in [1.82, 2.24) is 19.7 Å². The Kier molecular flexibility index (Phi) is 5.38. The van der Waals surface area contributed by atoms with Crippen LogP contribution in [0.15, 0.2) is 79.0 Å². The Hall–Kier alpha value is -3.54. The van der Waals surface area contributed by atoms with Gasteiger partial charge in [0.2, 0.25) is 5.95 Å². The van der Waals surface area contributed by atoms with E-state index in [-0.39, 0.29) is 5.82 Å². The molecule has 6 heteroatoms. The SMILES string of the molecule is Fc1ccc(CNc2nc(-c3ccccn3)n(CCc3ccccc3)n2)cc1. The zero-order valence-electron chi connectivity index (χ0n) is 15.3. The van der Waals surface area contributed by atoms with Crippen molar-refractivity contribution >= 4 is 5.95 Å². The number of halogens is 1. The maximum atomic E-state index is 13.1. The maximum absolute atomic E-state index is 13.1. The molecule has 0 fully saturated rings. The van der Waals surface area contributed by atoms with Gasteiger partial charge in [0.25, 0.3) is 0 Å². The third-order valence-electron chi connectivity index (χ3n) is 4.38. The second-order valence-corrected chi connectivity index (χ2v) is 6.41. The number of aryl methyl sites for hydroxylation is 2. The van der Waals surface area contributed by atoms with Crippen LogP contribution in [0.3, 0.4) is 0 Å². The molecule has 0 aliphatic rings. The molecule has 0 unspecified atom stereocenters. The van der Waals surface area contributed by atoms with Gasteiger partial charge in [0, 0.05) is 19.3 Å². The van der Waals surface area contributed by atoms with E-state index in [0.717, 1.165) is 23.5 Å². The molecule has 140 valence electrons. The number of rotatable bonds is 7. The predicted octanol–water partition coefficient (Wildman–Crippen LogP) is 4.33. The van der Waals surface area contributed by atoms with Crippen LogP contribution < -0.4 is 5.32 Å². The van der Waals surface area contributed by atoms with Gasteiger partial charge >= 0.3 is 0 Å². The highest BCUT2D eigenvalue weighted by atomic mass is 19.1. The molecular weight excluding hydrogens is 353 g/mol. The lowest BCUT2D eigenvalue weighted by atomic mass is 10.1. The Bertz CT molecular complexity index is 1010. The van der Waals surface area contributed by atoms with E-state index in [4.69, 9.17) is 0 Å². The minimum absolute atomic E-state index is 0.246. The van der Waals surface area contributed by atoms with Gasteiger partial charge in [0.05, 0.1) is 0 Å². The molecule has 0 aliphatic heterocycles. The minimum atomic E-state index is -0.246. The summed E-state index contributed by atoms with van der Waals surface area (Å²) in [4.78, 5) is 9.04.